The molecule has 0 radical (unpaired) electrons. The number of halogens is 2. The molecule has 0 bridgehead atoms. The lowest BCUT2D eigenvalue weighted by Gasteiger charge is -2.04. The zero-order valence-corrected chi connectivity index (χ0v) is 15.1. The summed E-state index contributed by atoms with van der Waals surface area (Å²) in [5.74, 6) is -0.609. The number of fused-ring (bicyclic) bond motifs is 1. The maximum Gasteiger partial charge on any atom is 0.348 e. The number of nitrogens with one attached hydrogen (secondary N) is 1. The van der Waals surface area contributed by atoms with Crippen LogP contribution in [0, 0.1) is 12.7 Å². The first-order valence-corrected chi connectivity index (χ1v) is 8.73. The number of aromatic amines is 1. The van der Waals surface area contributed by atoms with E-state index in [9.17, 15) is 14.0 Å². The topological polar surface area (TPSA) is 72.0 Å². The first-order valence-electron chi connectivity index (χ1n) is 7.54. The molecule has 5 nitrogen and oxygen atoms in total. The average molecular weight is 381 g/mol. The number of aromatic nitrogens is 2. The fourth-order valence-corrected chi connectivity index (χ4v) is 3.81. The number of hydrogen-bond acceptors (Lipinski definition) is 5. The van der Waals surface area contributed by atoms with Gasteiger partial charge in [0.2, 0.25) is 0 Å². The van der Waals surface area contributed by atoms with Gasteiger partial charge in [-0.05, 0) is 43.2 Å². The van der Waals surface area contributed by atoms with Crippen LogP contribution in [-0.2, 0) is 11.2 Å². The summed E-state index contributed by atoms with van der Waals surface area (Å²) >= 11 is 6.98. The van der Waals surface area contributed by atoms with Crippen molar-refractivity contribution >= 4 is 39.1 Å². The molecule has 0 aliphatic carbocycles. The standard InChI is InChI=1S/C17H14ClFN2O3S/c1-3-24-17(23)14-8(2)13-15(22)20-12(21-16(13)25-14)7-9-6-10(18)4-5-11(9)19/h4-6H,3,7H2,1-2H3,(H,20,21,22). The predicted octanol–water partition coefficient (Wildman–Crippen LogP) is 3.85. The van der Waals surface area contributed by atoms with Gasteiger partial charge in [-0.15, -0.1) is 11.3 Å². The minimum atomic E-state index is -0.482. The molecular weight excluding hydrogens is 367 g/mol. The van der Waals surface area contributed by atoms with E-state index in [2.05, 4.69) is 9.97 Å². The van der Waals surface area contributed by atoms with Gasteiger partial charge in [0.15, 0.2) is 0 Å². The van der Waals surface area contributed by atoms with E-state index in [4.69, 9.17) is 16.3 Å². The van der Waals surface area contributed by atoms with Crippen molar-refractivity contribution in [2.24, 2.45) is 0 Å². The summed E-state index contributed by atoms with van der Waals surface area (Å²) < 4.78 is 18.9. The second-order valence-corrected chi connectivity index (χ2v) is 6.82. The molecule has 3 rings (SSSR count). The Morgan fingerprint density at radius 1 is 1.44 bits per heavy atom. The Balaban J connectivity index is 2.06. The maximum absolute atomic E-state index is 13.9. The molecule has 130 valence electrons. The Bertz CT molecular complexity index is 1030. The van der Waals surface area contributed by atoms with Crippen molar-refractivity contribution in [3.8, 4) is 0 Å². The van der Waals surface area contributed by atoms with Gasteiger partial charge in [0.25, 0.3) is 5.56 Å². The average Bonchev–Trinajstić information content (AvgIpc) is 2.88. The number of hydrogen-bond donors (Lipinski definition) is 1. The molecule has 0 saturated heterocycles. The van der Waals surface area contributed by atoms with Crippen LogP contribution in [0.1, 0.15) is 33.5 Å². The van der Waals surface area contributed by atoms with Crippen molar-refractivity contribution in [1.29, 1.82) is 0 Å². The second kappa shape index (κ2) is 6.93. The Hall–Kier alpha value is -2.25. The smallest absolute Gasteiger partial charge is 0.348 e. The van der Waals surface area contributed by atoms with E-state index in [0.29, 0.717) is 37.1 Å². The number of benzene rings is 1. The number of rotatable bonds is 4. The third kappa shape index (κ3) is 3.43. The Morgan fingerprint density at radius 2 is 2.20 bits per heavy atom. The highest BCUT2D eigenvalue weighted by Gasteiger charge is 2.20. The van der Waals surface area contributed by atoms with Crippen LogP contribution in [0.4, 0.5) is 4.39 Å². The number of aryl methyl sites for hydroxylation is 1. The molecule has 0 saturated carbocycles. The molecule has 0 spiro atoms. The molecule has 1 N–H and O–H groups in total. The number of carbonyl (C=O) groups excluding carboxylic acids is 1. The van der Waals surface area contributed by atoms with Gasteiger partial charge in [-0.25, -0.2) is 14.2 Å². The van der Waals surface area contributed by atoms with Gasteiger partial charge in [0, 0.05) is 11.4 Å². The molecular formula is C17H14ClFN2O3S. The molecule has 0 aliphatic rings. The molecule has 0 unspecified atom stereocenters. The molecule has 8 heteroatoms. The number of H-pyrrole nitrogens is 1. The van der Waals surface area contributed by atoms with E-state index in [0.717, 1.165) is 11.3 Å². The Labute approximate surface area is 151 Å². The lowest BCUT2D eigenvalue weighted by Crippen LogP contribution is -2.12. The highest BCUT2D eigenvalue weighted by Crippen LogP contribution is 2.28. The minimum Gasteiger partial charge on any atom is -0.462 e. The molecule has 1 aromatic carbocycles. The predicted molar refractivity (Wildman–Crippen MR) is 95.2 cm³/mol. The molecule has 0 aliphatic heterocycles. The lowest BCUT2D eigenvalue weighted by molar-refractivity contribution is 0.0531. The number of carbonyl (C=O) groups is 1. The van der Waals surface area contributed by atoms with Gasteiger partial charge in [-0.1, -0.05) is 11.6 Å². The third-order valence-electron chi connectivity index (χ3n) is 3.68. The van der Waals surface area contributed by atoms with Gasteiger partial charge in [0.1, 0.15) is 21.3 Å². The molecule has 0 fully saturated rings. The van der Waals surface area contributed by atoms with Crippen LogP contribution in [-0.4, -0.2) is 22.5 Å². The second-order valence-electron chi connectivity index (χ2n) is 5.38. The quantitative estimate of drug-likeness (QED) is 0.698. The van der Waals surface area contributed by atoms with E-state index >= 15 is 0 Å². The molecule has 0 atom stereocenters. The molecule has 0 amide bonds. The molecule has 3 aromatic rings. The first-order chi connectivity index (χ1) is 11.9. The van der Waals surface area contributed by atoms with Crippen molar-refractivity contribution in [3.05, 3.63) is 61.2 Å². The van der Waals surface area contributed by atoms with Gasteiger partial charge in [-0.3, -0.25) is 4.79 Å². The molecule has 2 aromatic heterocycles. The van der Waals surface area contributed by atoms with Gasteiger partial charge >= 0.3 is 5.97 Å². The molecule has 25 heavy (non-hydrogen) atoms. The van der Waals surface area contributed by atoms with Crippen molar-refractivity contribution in [2.75, 3.05) is 6.61 Å². The summed E-state index contributed by atoms with van der Waals surface area (Å²) in [5.41, 5.74) is 0.494. The zero-order valence-electron chi connectivity index (χ0n) is 13.5. The van der Waals surface area contributed by atoms with E-state index in [1.807, 2.05) is 0 Å². The van der Waals surface area contributed by atoms with Crippen molar-refractivity contribution < 1.29 is 13.9 Å². The van der Waals surface area contributed by atoms with E-state index in [1.165, 1.54) is 18.2 Å². The summed E-state index contributed by atoms with van der Waals surface area (Å²) in [4.78, 5) is 32.2. The minimum absolute atomic E-state index is 0.0866. The zero-order chi connectivity index (χ0) is 18.1. The first kappa shape index (κ1) is 17.6. The van der Waals surface area contributed by atoms with Crippen LogP contribution in [0.15, 0.2) is 23.0 Å². The number of nitrogens with zero attached hydrogens (tertiary/aromatic N) is 1. The van der Waals surface area contributed by atoms with E-state index in [1.54, 1.807) is 13.8 Å². The largest absolute Gasteiger partial charge is 0.462 e. The van der Waals surface area contributed by atoms with Crippen LogP contribution in [0.5, 0.6) is 0 Å². The fraction of sp³-hybridized carbons (Fsp3) is 0.235. The van der Waals surface area contributed by atoms with E-state index < -0.39 is 11.8 Å². The summed E-state index contributed by atoms with van der Waals surface area (Å²) in [6.45, 7) is 3.64. The van der Waals surface area contributed by atoms with Crippen molar-refractivity contribution in [2.45, 2.75) is 20.3 Å². The Kier molecular flexibility index (Phi) is 4.87. The third-order valence-corrected chi connectivity index (χ3v) is 5.08. The number of esters is 1. The van der Waals surface area contributed by atoms with Crippen LogP contribution < -0.4 is 5.56 Å². The monoisotopic (exact) mass is 380 g/mol. The highest BCUT2D eigenvalue weighted by atomic mass is 35.5. The van der Waals surface area contributed by atoms with Crippen molar-refractivity contribution in [3.63, 3.8) is 0 Å². The lowest BCUT2D eigenvalue weighted by atomic mass is 10.1. The maximum atomic E-state index is 13.9. The highest BCUT2D eigenvalue weighted by molar-refractivity contribution is 7.20. The molecule has 2 heterocycles. The van der Waals surface area contributed by atoms with Crippen LogP contribution >= 0.6 is 22.9 Å². The summed E-state index contributed by atoms with van der Waals surface area (Å²) in [6.07, 6.45) is 0.0866. The van der Waals surface area contributed by atoms with Crippen LogP contribution in [0.3, 0.4) is 0 Å². The van der Waals surface area contributed by atoms with Crippen LogP contribution in [0.2, 0.25) is 5.02 Å². The summed E-state index contributed by atoms with van der Waals surface area (Å²) in [6, 6.07) is 4.21. The summed E-state index contributed by atoms with van der Waals surface area (Å²) in [7, 11) is 0. The van der Waals surface area contributed by atoms with Crippen molar-refractivity contribution in [1.82, 2.24) is 9.97 Å². The number of thiophene rings is 1. The van der Waals surface area contributed by atoms with Gasteiger partial charge in [0.05, 0.1) is 12.0 Å². The SMILES string of the molecule is CCOC(=O)c1sc2nc(Cc3cc(Cl)ccc3F)[nH]c(=O)c2c1C. The fourth-order valence-electron chi connectivity index (χ4n) is 2.52. The van der Waals surface area contributed by atoms with Gasteiger partial charge in [-0.2, -0.15) is 0 Å². The normalized spacial score (nSPS) is 11.0. The van der Waals surface area contributed by atoms with Crippen LogP contribution in [0.25, 0.3) is 10.2 Å². The number of ether oxygens (including phenoxy) is 1. The van der Waals surface area contributed by atoms with E-state index in [-0.39, 0.29) is 18.6 Å². The van der Waals surface area contributed by atoms with Gasteiger partial charge < -0.3 is 9.72 Å². The summed E-state index contributed by atoms with van der Waals surface area (Å²) in [5, 5.41) is 0.750. The Morgan fingerprint density at radius 3 is 2.92 bits per heavy atom.